The molecule has 0 aliphatic heterocycles. The van der Waals surface area contributed by atoms with Gasteiger partial charge in [0.2, 0.25) is 0 Å². The highest BCUT2D eigenvalue weighted by molar-refractivity contribution is 6.11. The highest BCUT2D eigenvalue weighted by Gasteiger charge is 2.16. The number of hydrogen-bond donors (Lipinski definition) is 0. The second kappa shape index (κ2) is 11.9. The lowest BCUT2D eigenvalue weighted by atomic mass is 10.0. The van der Waals surface area contributed by atoms with Crippen molar-refractivity contribution in [3.8, 4) is 45.0 Å². The predicted octanol–water partition coefficient (Wildman–Crippen LogP) is 12.3. The summed E-state index contributed by atoms with van der Waals surface area (Å²) in [6.07, 6.45) is 3.74. The second-order valence-corrected chi connectivity index (χ2v) is 13.6. The van der Waals surface area contributed by atoms with Gasteiger partial charge in [0, 0.05) is 56.4 Å². The maximum atomic E-state index is 4.69. The Balaban J connectivity index is 1.01. The summed E-state index contributed by atoms with van der Waals surface area (Å²) in [7, 11) is 0. The van der Waals surface area contributed by atoms with E-state index in [-0.39, 0.29) is 0 Å². The van der Waals surface area contributed by atoms with E-state index in [0.29, 0.717) is 0 Å². The van der Waals surface area contributed by atoms with E-state index in [4.69, 9.17) is 9.97 Å². The molecule has 0 amide bonds. The molecule has 0 fully saturated rings. The van der Waals surface area contributed by atoms with E-state index in [1.165, 1.54) is 65.9 Å². The summed E-state index contributed by atoms with van der Waals surface area (Å²) >= 11 is 0. The summed E-state index contributed by atoms with van der Waals surface area (Å²) < 4.78 is 4.74. The summed E-state index contributed by atoms with van der Waals surface area (Å²) in [5, 5.41) is 4.93. The van der Waals surface area contributed by atoms with Crippen LogP contribution in [0.1, 0.15) is 11.1 Å². The molecule has 52 heavy (non-hydrogen) atoms. The van der Waals surface area contributed by atoms with Crippen LogP contribution < -0.4 is 0 Å². The highest BCUT2D eigenvalue weighted by atomic mass is 15.0. The fourth-order valence-electron chi connectivity index (χ4n) is 7.98. The lowest BCUT2D eigenvalue weighted by molar-refractivity contribution is 1.18. The molecule has 6 aromatic carbocycles. The van der Waals surface area contributed by atoms with Crippen LogP contribution in [-0.4, -0.2) is 19.1 Å². The van der Waals surface area contributed by atoms with Gasteiger partial charge in [-0.2, -0.15) is 0 Å². The Bertz CT molecular complexity index is 2760. The van der Waals surface area contributed by atoms with E-state index in [2.05, 4.69) is 169 Å². The zero-order valence-electron chi connectivity index (χ0n) is 29.0. The lowest BCUT2D eigenvalue weighted by Gasteiger charge is -2.12. The minimum absolute atomic E-state index is 1.03. The Morgan fingerprint density at radius 1 is 0.346 bits per heavy atom. The van der Waals surface area contributed by atoms with Gasteiger partial charge in [0.25, 0.3) is 0 Å². The van der Waals surface area contributed by atoms with Crippen molar-refractivity contribution in [3.05, 3.63) is 181 Å². The minimum Gasteiger partial charge on any atom is -0.309 e. The van der Waals surface area contributed by atoms with Gasteiger partial charge >= 0.3 is 0 Å². The number of pyridine rings is 2. The molecule has 0 bridgehead atoms. The van der Waals surface area contributed by atoms with Crippen LogP contribution in [0.25, 0.3) is 88.6 Å². The third-order valence-electron chi connectivity index (χ3n) is 10.5. The largest absolute Gasteiger partial charge is 0.309 e. The van der Waals surface area contributed by atoms with Crippen LogP contribution in [0.4, 0.5) is 0 Å². The Kier molecular flexibility index (Phi) is 6.90. The van der Waals surface area contributed by atoms with Gasteiger partial charge in [-0.1, -0.05) is 84.9 Å². The Morgan fingerprint density at radius 2 is 0.731 bits per heavy atom. The van der Waals surface area contributed by atoms with Gasteiger partial charge < -0.3 is 9.13 Å². The zero-order valence-corrected chi connectivity index (χ0v) is 29.0. The number of aromatic nitrogens is 4. The summed E-state index contributed by atoms with van der Waals surface area (Å²) in [5.41, 5.74) is 16.1. The van der Waals surface area contributed by atoms with Gasteiger partial charge in [-0.25, -0.2) is 0 Å². The first-order chi connectivity index (χ1) is 25.6. The summed E-state index contributed by atoms with van der Waals surface area (Å²) in [4.78, 5) is 9.38. The lowest BCUT2D eigenvalue weighted by Crippen LogP contribution is -1.95. The third-order valence-corrected chi connectivity index (χ3v) is 10.5. The monoisotopic (exact) mass is 666 g/mol. The predicted molar refractivity (Wildman–Crippen MR) is 216 cm³/mol. The van der Waals surface area contributed by atoms with Crippen LogP contribution in [-0.2, 0) is 0 Å². The Hall–Kier alpha value is -6.78. The number of rotatable bonds is 5. The molecule has 10 rings (SSSR count). The molecule has 0 aliphatic carbocycles. The molecule has 0 unspecified atom stereocenters. The van der Waals surface area contributed by atoms with Crippen LogP contribution in [0.5, 0.6) is 0 Å². The first kappa shape index (κ1) is 30.1. The first-order valence-corrected chi connectivity index (χ1v) is 17.7. The van der Waals surface area contributed by atoms with Crippen LogP contribution in [0.15, 0.2) is 170 Å². The molecule has 246 valence electrons. The fourth-order valence-corrected chi connectivity index (χ4v) is 7.98. The average Bonchev–Trinajstić information content (AvgIpc) is 3.71. The van der Waals surface area contributed by atoms with E-state index in [1.807, 2.05) is 24.5 Å². The van der Waals surface area contributed by atoms with Crippen molar-refractivity contribution in [2.45, 2.75) is 13.8 Å². The number of para-hydroxylation sites is 2. The molecule has 0 aliphatic rings. The van der Waals surface area contributed by atoms with E-state index in [9.17, 15) is 0 Å². The molecular weight excluding hydrogens is 633 g/mol. The standard InChI is InChI=1S/C48H34N4/c1-31-9-7-27-49-47(31)35-19-25-45-41(29-35)39-11-3-5-13-43(39)51(45)37-21-15-33(16-22-37)34-17-23-38(24-18-34)52-44-14-6-4-12-40(44)42-30-36(20-26-46(42)52)48-32(2)10-8-28-50-48/h3-30H,1-2H3. The first-order valence-electron chi connectivity index (χ1n) is 17.7. The number of nitrogens with zero attached hydrogens (tertiary/aromatic N) is 4. The van der Waals surface area contributed by atoms with E-state index < -0.39 is 0 Å². The molecule has 0 saturated carbocycles. The number of hydrogen-bond acceptors (Lipinski definition) is 2. The van der Waals surface area contributed by atoms with Gasteiger partial charge in [0.1, 0.15) is 0 Å². The van der Waals surface area contributed by atoms with Crippen molar-refractivity contribution in [1.82, 2.24) is 19.1 Å². The molecule has 0 radical (unpaired) electrons. The minimum atomic E-state index is 1.03. The quantitative estimate of drug-likeness (QED) is 0.183. The average molecular weight is 667 g/mol. The van der Waals surface area contributed by atoms with Crippen molar-refractivity contribution < 1.29 is 0 Å². The van der Waals surface area contributed by atoms with Crippen molar-refractivity contribution in [2.24, 2.45) is 0 Å². The van der Waals surface area contributed by atoms with Crippen LogP contribution in [0.2, 0.25) is 0 Å². The number of benzene rings is 6. The van der Waals surface area contributed by atoms with Crippen molar-refractivity contribution in [2.75, 3.05) is 0 Å². The summed E-state index contributed by atoms with van der Waals surface area (Å²) in [5.74, 6) is 0. The normalized spacial score (nSPS) is 11.7. The number of fused-ring (bicyclic) bond motifs is 6. The molecule has 0 N–H and O–H groups in total. The van der Waals surface area contributed by atoms with Crippen molar-refractivity contribution in [1.29, 1.82) is 0 Å². The van der Waals surface area contributed by atoms with Crippen molar-refractivity contribution in [3.63, 3.8) is 0 Å². The third kappa shape index (κ3) is 4.76. The fraction of sp³-hybridized carbons (Fsp3) is 0.0417. The molecular formula is C48H34N4. The molecule has 4 heteroatoms. The van der Waals surface area contributed by atoms with Crippen LogP contribution in [0.3, 0.4) is 0 Å². The number of aryl methyl sites for hydroxylation is 2. The maximum absolute atomic E-state index is 4.69. The van der Waals surface area contributed by atoms with E-state index in [0.717, 1.165) is 33.9 Å². The topological polar surface area (TPSA) is 35.6 Å². The Labute approximate surface area is 301 Å². The molecule has 4 nitrogen and oxygen atoms in total. The molecule has 0 spiro atoms. The molecule has 4 heterocycles. The van der Waals surface area contributed by atoms with Crippen molar-refractivity contribution >= 4 is 43.6 Å². The molecule has 4 aromatic heterocycles. The summed E-state index contributed by atoms with van der Waals surface area (Å²) in [6.45, 7) is 4.24. The van der Waals surface area contributed by atoms with E-state index in [1.54, 1.807) is 0 Å². The molecule has 0 atom stereocenters. The van der Waals surface area contributed by atoms with Gasteiger partial charge in [0.15, 0.2) is 0 Å². The molecule has 10 aromatic rings. The van der Waals surface area contributed by atoms with Crippen LogP contribution >= 0.6 is 0 Å². The molecule has 0 saturated heterocycles. The highest BCUT2D eigenvalue weighted by Crippen LogP contribution is 2.37. The maximum Gasteiger partial charge on any atom is 0.0731 e. The van der Waals surface area contributed by atoms with Gasteiger partial charge in [-0.3, -0.25) is 9.97 Å². The second-order valence-electron chi connectivity index (χ2n) is 13.6. The summed E-state index contributed by atoms with van der Waals surface area (Å²) in [6, 6.07) is 56.9. The van der Waals surface area contributed by atoms with E-state index >= 15 is 0 Å². The zero-order chi connectivity index (χ0) is 34.8. The van der Waals surface area contributed by atoms with Gasteiger partial charge in [-0.05, 0) is 109 Å². The van der Waals surface area contributed by atoms with Gasteiger partial charge in [0.05, 0.1) is 33.5 Å². The SMILES string of the molecule is Cc1cccnc1-c1ccc2c(c1)c1ccccc1n2-c1ccc(-c2ccc(-n3c4ccccc4c4cc(-c5ncccc5C)ccc43)cc2)cc1. The smallest absolute Gasteiger partial charge is 0.0731 e. The van der Waals surface area contributed by atoms with Crippen LogP contribution in [0, 0.1) is 13.8 Å². The Morgan fingerprint density at radius 3 is 1.15 bits per heavy atom. The van der Waals surface area contributed by atoms with Gasteiger partial charge in [-0.15, -0.1) is 0 Å².